The normalized spacial score (nSPS) is 20.3. The number of allylic oxidation sites excluding steroid dienone is 4. The van der Waals surface area contributed by atoms with Gasteiger partial charge in [-0.25, -0.2) is 13.8 Å². The zero-order valence-electron chi connectivity index (χ0n) is 13.6. The van der Waals surface area contributed by atoms with Crippen LogP contribution in [-0.2, 0) is 7.05 Å². The molecule has 0 saturated carbocycles. The van der Waals surface area contributed by atoms with E-state index in [-0.39, 0.29) is 17.6 Å². The smallest absolute Gasteiger partial charge is 0.140 e. The van der Waals surface area contributed by atoms with Crippen LogP contribution in [0.25, 0.3) is 16.9 Å². The second-order valence-electron chi connectivity index (χ2n) is 6.07. The summed E-state index contributed by atoms with van der Waals surface area (Å²) in [6.45, 7) is 1.89. The Hall–Kier alpha value is -2.47. The third-order valence-electron chi connectivity index (χ3n) is 4.43. The Morgan fingerprint density at radius 1 is 1.24 bits per heavy atom. The van der Waals surface area contributed by atoms with Gasteiger partial charge in [0, 0.05) is 24.6 Å². The van der Waals surface area contributed by atoms with Crippen LogP contribution >= 0.6 is 11.6 Å². The number of aromatic nitrogens is 4. The van der Waals surface area contributed by atoms with E-state index < -0.39 is 5.38 Å². The molecule has 25 heavy (non-hydrogen) atoms. The number of benzene rings is 1. The van der Waals surface area contributed by atoms with Crippen molar-refractivity contribution in [3.05, 3.63) is 65.7 Å². The summed E-state index contributed by atoms with van der Waals surface area (Å²) in [5, 5.41) is 3.99. The van der Waals surface area contributed by atoms with Crippen molar-refractivity contribution in [3.8, 4) is 5.82 Å². The van der Waals surface area contributed by atoms with E-state index in [9.17, 15) is 8.78 Å². The summed E-state index contributed by atoms with van der Waals surface area (Å²) >= 11 is 6.39. The fraction of sp³-hybridized carbons (Fsp3) is 0.222. The van der Waals surface area contributed by atoms with Crippen molar-refractivity contribution in [2.75, 3.05) is 0 Å². The van der Waals surface area contributed by atoms with Gasteiger partial charge in [-0.15, -0.1) is 11.6 Å². The molecule has 0 spiro atoms. The molecule has 1 aliphatic rings. The quantitative estimate of drug-likeness (QED) is 0.638. The summed E-state index contributed by atoms with van der Waals surface area (Å²) in [4.78, 5) is 4.28. The summed E-state index contributed by atoms with van der Waals surface area (Å²) in [6.07, 6.45) is 6.19. The van der Waals surface area contributed by atoms with Crippen molar-refractivity contribution in [2.24, 2.45) is 7.05 Å². The number of rotatable bonds is 2. The molecule has 0 radical (unpaired) electrons. The lowest BCUT2D eigenvalue weighted by molar-refractivity contribution is 0.629. The van der Waals surface area contributed by atoms with Gasteiger partial charge in [0.25, 0.3) is 0 Å². The largest absolute Gasteiger partial charge is 0.283 e. The van der Waals surface area contributed by atoms with Crippen LogP contribution in [0, 0.1) is 12.7 Å². The Balaban J connectivity index is 1.92. The first-order chi connectivity index (χ1) is 12.0. The van der Waals surface area contributed by atoms with Gasteiger partial charge in [-0.05, 0) is 31.2 Å². The Morgan fingerprint density at radius 3 is 2.80 bits per heavy atom. The average molecular weight is 361 g/mol. The van der Waals surface area contributed by atoms with Crippen LogP contribution in [0.2, 0.25) is 0 Å². The summed E-state index contributed by atoms with van der Waals surface area (Å²) < 4.78 is 30.5. The van der Waals surface area contributed by atoms with E-state index in [1.807, 2.05) is 18.5 Å². The standard InChI is InChI=1S/C18H15ClF2N4/c1-10-17(13-5-3-11(20)7-14(13)19)18(24(2)23-10)25-9-22-15-8-12(21)4-6-16(15)25/h3-9,13-14H,1-2H3. The number of hydrogen-bond donors (Lipinski definition) is 0. The summed E-state index contributed by atoms with van der Waals surface area (Å²) in [5.74, 6) is -0.121. The molecule has 1 aromatic carbocycles. The van der Waals surface area contributed by atoms with Crippen LogP contribution in [0.4, 0.5) is 8.78 Å². The first-order valence-corrected chi connectivity index (χ1v) is 8.25. The molecule has 0 N–H and O–H groups in total. The van der Waals surface area contributed by atoms with Crippen molar-refractivity contribution in [3.63, 3.8) is 0 Å². The van der Waals surface area contributed by atoms with E-state index in [2.05, 4.69) is 10.1 Å². The van der Waals surface area contributed by atoms with Crippen LogP contribution < -0.4 is 0 Å². The zero-order valence-corrected chi connectivity index (χ0v) is 14.4. The number of fused-ring (bicyclic) bond motifs is 1. The lowest BCUT2D eigenvalue weighted by Gasteiger charge is -2.21. The third kappa shape index (κ3) is 2.57. The lowest BCUT2D eigenvalue weighted by atomic mass is 9.91. The molecule has 0 amide bonds. The maximum absolute atomic E-state index is 13.5. The highest BCUT2D eigenvalue weighted by molar-refractivity contribution is 6.22. The molecular formula is C18H15ClF2N4. The molecule has 128 valence electrons. The van der Waals surface area contributed by atoms with Crippen molar-refractivity contribution in [1.29, 1.82) is 0 Å². The van der Waals surface area contributed by atoms with Gasteiger partial charge >= 0.3 is 0 Å². The molecule has 1 aliphatic carbocycles. The molecule has 2 unspecified atom stereocenters. The molecule has 4 rings (SSSR count). The fourth-order valence-electron chi connectivity index (χ4n) is 3.36. The van der Waals surface area contributed by atoms with E-state index in [4.69, 9.17) is 11.6 Å². The number of halogens is 3. The Bertz CT molecular complexity index is 1030. The molecule has 2 aromatic heterocycles. The number of hydrogen-bond acceptors (Lipinski definition) is 2. The van der Waals surface area contributed by atoms with E-state index in [0.717, 1.165) is 22.6 Å². The molecule has 4 nitrogen and oxygen atoms in total. The highest BCUT2D eigenvalue weighted by atomic mass is 35.5. The highest BCUT2D eigenvalue weighted by Gasteiger charge is 2.29. The van der Waals surface area contributed by atoms with Crippen molar-refractivity contribution in [1.82, 2.24) is 19.3 Å². The number of nitrogens with zero attached hydrogens (tertiary/aromatic N) is 4. The first kappa shape index (κ1) is 16.0. The molecule has 0 aliphatic heterocycles. The van der Waals surface area contributed by atoms with Gasteiger partial charge in [-0.1, -0.05) is 6.08 Å². The molecule has 2 heterocycles. The molecule has 7 heteroatoms. The molecule has 0 fully saturated rings. The Kier molecular flexibility index (Phi) is 3.72. The van der Waals surface area contributed by atoms with Crippen LogP contribution in [0.15, 0.2) is 48.6 Å². The van der Waals surface area contributed by atoms with Gasteiger partial charge in [0.1, 0.15) is 23.8 Å². The van der Waals surface area contributed by atoms with Gasteiger partial charge in [-0.3, -0.25) is 9.25 Å². The topological polar surface area (TPSA) is 35.6 Å². The van der Waals surface area contributed by atoms with Crippen molar-refractivity contribution >= 4 is 22.6 Å². The van der Waals surface area contributed by atoms with Crippen molar-refractivity contribution < 1.29 is 8.78 Å². The molecular weight excluding hydrogens is 346 g/mol. The third-order valence-corrected chi connectivity index (χ3v) is 4.83. The van der Waals surface area contributed by atoms with Gasteiger partial charge in [0.2, 0.25) is 0 Å². The minimum absolute atomic E-state index is 0.220. The SMILES string of the molecule is Cc1nn(C)c(-n2cnc3cc(F)ccc32)c1C1C=CC(F)=CC1Cl. The Labute approximate surface area is 148 Å². The first-order valence-electron chi connectivity index (χ1n) is 7.82. The number of aryl methyl sites for hydroxylation is 2. The monoisotopic (exact) mass is 360 g/mol. The minimum atomic E-state index is -0.515. The van der Waals surface area contributed by atoms with Gasteiger partial charge < -0.3 is 0 Å². The van der Waals surface area contributed by atoms with Gasteiger partial charge in [-0.2, -0.15) is 5.10 Å². The van der Waals surface area contributed by atoms with Crippen LogP contribution in [0.1, 0.15) is 17.2 Å². The second-order valence-corrected chi connectivity index (χ2v) is 6.58. The van der Waals surface area contributed by atoms with Gasteiger partial charge in [0.05, 0.1) is 22.1 Å². The summed E-state index contributed by atoms with van der Waals surface area (Å²) in [7, 11) is 1.83. The molecule has 3 aromatic rings. The molecule has 0 bridgehead atoms. The minimum Gasteiger partial charge on any atom is -0.283 e. The van der Waals surface area contributed by atoms with E-state index in [1.165, 1.54) is 24.3 Å². The summed E-state index contributed by atoms with van der Waals surface area (Å²) in [5.41, 5.74) is 3.01. The van der Waals surface area contributed by atoms with Crippen molar-refractivity contribution in [2.45, 2.75) is 18.2 Å². The predicted molar refractivity (Wildman–Crippen MR) is 93.2 cm³/mol. The number of alkyl halides is 1. The van der Waals surface area contributed by atoms with Crippen LogP contribution in [0.5, 0.6) is 0 Å². The molecule has 2 atom stereocenters. The van der Waals surface area contributed by atoms with Gasteiger partial charge in [0.15, 0.2) is 0 Å². The molecule has 0 saturated heterocycles. The summed E-state index contributed by atoms with van der Waals surface area (Å²) in [6, 6.07) is 4.46. The lowest BCUT2D eigenvalue weighted by Crippen LogP contribution is -2.15. The highest BCUT2D eigenvalue weighted by Crippen LogP contribution is 2.37. The van der Waals surface area contributed by atoms with E-state index in [1.54, 1.807) is 23.2 Å². The maximum Gasteiger partial charge on any atom is 0.140 e. The predicted octanol–water partition coefficient (Wildman–Crippen LogP) is 4.32. The van der Waals surface area contributed by atoms with E-state index in [0.29, 0.717) is 5.52 Å². The maximum atomic E-state index is 13.5. The fourth-order valence-corrected chi connectivity index (χ4v) is 3.69. The van der Waals surface area contributed by atoms with Crippen LogP contribution in [0.3, 0.4) is 0 Å². The van der Waals surface area contributed by atoms with E-state index >= 15 is 0 Å². The zero-order chi connectivity index (χ0) is 17.7. The Morgan fingerprint density at radius 2 is 2.04 bits per heavy atom. The van der Waals surface area contributed by atoms with Crippen LogP contribution in [-0.4, -0.2) is 24.7 Å². The second kappa shape index (κ2) is 5.81. The average Bonchev–Trinajstić information content (AvgIpc) is 3.07. The number of imidazole rings is 1.